The lowest BCUT2D eigenvalue weighted by molar-refractivity contribution is -0.384. The zero-order valence-electron chi connectivity index (χ0n) is 9.83. The zero-order chi connectivity index (χ0) is 12.5. The van der Waals surface area contributed by atoms with Crippen LogP contribution in [0.2, 0.25) is 0 Å². The van der Waals surface area contributed by atoms with Crippen molar-refractivity contribution in [3.05, 3.63) is 34.4 Å². The number of non-ortho nitro benzene ring substituents is 1. The minimum atomic E-state index is -2.46. The van der Waals surface area contributed by atoms with Crippen LogP contribution in [-0.2, 0) is 4.57 Å². The Morgan fingerprint density at radius 1 is 1.35 bits per heavy atom. The second kappa shape index (κ2) is 4.61. The number of rotatable bonds is 3. The monoisotopic (exact) mass is 253 g/mol. The molecule has 0 N–H and O–H groups in total. The van der Waals surface area contributed by atoms with Gasteiger partial charge in [-0.05, 0) is 19.5 Å². The number of hydrogen-bond acceptors (Lipinski definition) is 3. The molecule has 0 bridgehead atoms. The molecule has 1 unspecified atom stereocenters. The first-order chi connectivity index (χ1) is 8.01. The molecule has 1 aromatic rings. The van der Waals surface area contributed by atoms with E-state index in [0.717, 1.165) is 25.7 Å². The van der Waals surface area contributed by atoms with E-state index in [1.54, 1.807) is 18.8 Å². The van der Waals surface area contributed by atoms with E-state index in [9.17, 15) is 14.7 Å². The Morgan fingerprint density at radius 3 is 2.59 bits per heavy atom. The van der Waals surface area contributed by atoms with E-state index in [2.05, 4.69) is 0 Å². The predicted octanol–water partition coefficient (Wildman–Crippen LogP) is 3.16. The quantitative estimate of drug-likeness (QED) is 0.472. The lowest BCUT2D eigenvalue weighted by Crippen LogP contribution is -2.14. The van der Waals surface area contributed by atoms with E-state index < -0.39 is 12.1 Å². The summed E-state index contributed by atoms with van der Waals surface area (Å²) in [4.78, 5) is 10.3. The molecule has 0 heterocycles. The molecule has 5 heteroatoms. The van der Waals surface area contributed by atoms with Crippen molar-refractivity contribution >= 4 is 18.1 Å². The highest BCUT2D eigenvalue weighted by Crippen LogP contribution is 2.52. The molecule has 0 amide bonds. The van der Waals surface area contributed by atoms with Crippen LogP contribution in [0.1, 0.15) is 25.7 Å². The van der Waals surface area contributed by atoms with E-state index >= 15 is 0 Å². The Morgan fingerprint density at radius 2 is 2.00 bits per heavy atom. The molecule has 1 aliphatic rings. The van der Waals surface area contributed by atoms with Gasteiger partial charge in [-0.3, -0.25) is 10.1 Å². The van der Waals surface area contributed by atoms with E-state index in [1.165, 1.54) is 12.1 Å². The number of nitro groups is 1. The normalized spacial score (nSPS) is 20.1. The van der Waals surface area contributed by atoms with Gasteiger partial charge in [-0.15, -0.1) is 0 Å². The molecule has 0 spiro atoms. The summed E-state index contributed by atoms with van der Waals surface area (Å²) in [5, 5.41) is 11.4. The van der Waals surface area contributed by atoms with Gasteiger partial charge in [-0.2, -0.15) is 0 Å². The number of nitrogens with zero attached hydrogens (tertiary/aromatic N) is 1. The minimum Gasteiger partial charge on any atom is -0.319 e. The molecule has 1 aliphatic carbocycles. The van der Waals surface area contributed by atoms with Gasteiger partial charge in [-0.25, -0.2) is 0 Å². The topological polar surface area (TPSA) is 60.2 Å². The molecule has 0 aliphatic heterocycles. The Balaban J connectivity index is 2.35. The average Bonchev–Trinajstić information content (AvgIpc) is 2.83. The Bertz CT molecular complexity index is 480. The van der Waals surface area contributed by atoms with Crippen molar-refractivity contribution in [3.63, 3.8) is 0 Å². The summed E-state index contributed by atoms with van der Waals surface area (Å²) in [6, 6.07) is 6.29. The van der Waals surface area contributed by atoms with Gasteiger partial charge in [0.15, 0.2) is 0 Å². The van der Waals surface area contributed by atoms with Gasteiger partial charge in [0.2, 0.25) is 0 Å². The van der Waals surface area contributed by atoms with Crippen molar-refractivity contribution in [2.45, 2.75) is 31.3 Å². The standard InChI is InChI=1S/C12H16NO3P/c1-17(16,11-6-2-3-7-11)12-8-4-5-10(9-12)13(14)15/h4-5,8-9,11H,2-3,6-7H2,1H3. The van der Waals surface area contributed by atoms with Gasteiger partial charge >= 0.3 is 0 Å². The molecule has 0 aromatic heterocycles. The first-order valence-electron chi connectivity index (χ1n) is 5.84. The van der Waals surface area contributed by atoms with E-state index in [4.69, 9.17) is 0 Å². The summed E-state index contributed by atoms with van der Waals surface area (Å²) in [6.07, 6.45) is 4.21. The van der Waals surface area contributed by atoms with Crippen molar-refractivity contribution < 1.29 is 9.49 Å². The third kappa shape index (κ3) is 2.42. The Hall–Kier alpha value is -1.15. The molecular formula is C12H16NO3P. The Kier molecular flexibility index (Phi) is 3.34. The minimum absolute atomic E-state index is 0.0302. The largest absolute Gasteiger partial charge is 0.319 e. The van der Waals surface area contributed by atoms with Crippen LogP contribution in [0.25, 0.3) is 0 Å². The van der Waals surface area contributed by atoms with Gasteiger partial charge in [0.1, 0.15) is 7.14 Å². The van der Waals surface area contributed by atoms with Crippen LogP contribution < -0.4 is 5.30 Å². The van der Waals surface area contributed by atoms with Crippen LogP contribution in [0, 0.1) is 10.1 Å². The molecule has 0 radical (unpaired) electrons. The van der Waals surface area contributed by atoms with Gasteiger partial charge in [0.05, 0.1) is 4.92 Å². The summed E-state index contributed by atoms with van der Waals surface area (Å²) in [5.41, 5.74) is 0.243. The first-order valence-corrected chi connectivity index (χ1v) is 8.06. The first kappa shape index (κ1) is 12.3. The average molecular weight is 253 g/mol. The lowest BCUT2D eigenvalue weighted by atomic mass is 10.3. The summed E-state index contributed by atoms with van der Waals surface area (Å²) < 4.78 is 12.8. The summed E-state index contributed by atoms with van der Waals surface area (Å²) in [7, 11) is -2.46. The van der Waals surface area contributed by atoms with Crippen LogP contribution >= 0.6 is 7.14 Å². The molecule has 1 saturated carbocycles. The molecule has 17 heavy (non-hydrogen) atoms. The summed E-state index contributed by atoms with van der Waals surface area (Å²) >= 11 is 0. The van der Waals surface area contributed by atoms with Gasteiger partial charge < -0.3 is 4.57 Å². The second-order valence-electron chi connectivity index (χ2n) is 4.71. The fraction of sp³-hybridized carbons (Fsp3) is 0.500. The molecule has 1 atom stereocenters. The van der Waals surface area contributed by atoms with Gasteiger partial charge in [0.25, 0.3) is 5.69 Å². The van der Waals surface area contributed by atoms with E-state index in [1.807, 2.05) is 0 Å². The SMILES string of the molecule is CP(=O)(c1cccc([N+](=O)[O-])c1)C1CCCC1. The highest BCUT2D eigenvalue weighted by molar-refractivity contribution is 7.71. The lowest BCUT2D eigenvalue weighted by Gasteiger charge is -2.20. The molecule has 1 aromatic carbocycles. The fourth-order valence-electron chi connectivity index (χ4n) is 2.49. The number of benzene rings is 1. The molecule has 0 saturated heterocycles. The van der Waals surface area contributed by atoms with Gasteiger partial charge in [-0.1, -0.05) is 25.0 Å². The summed E-state index contributed by atoms with van der Waals surface area (Å²) in [5.74, 6) is 0. The summed E-state index contributed by atoms with van der Waals surface area (Å²) in [6.45, 7) is 1.77. The van der Waals surface area contributed by atoms with Crippen molar-refractivity contribution in [2.75, 3.05) is 6.66 Å². The zero-order valence-corrected chi connectivity index (χ0v) is 10.7. The van der Waals surface area contributed by atoms with Crippen LogP contribution in [0.5, 0.6) is 0 Å². The van der Waals surface area contributed by atoms with Crippen LogP contribution in [-0.4, -0.2) is 17.2 Å². The molecule has 2 rings (SSSR count). The maximum Gasteiger partial charge on any atom is 0.270 e. The molecule has 1 fully saturated rings. The molecule has 92 valence electrons. The van der Waals surface area contributed by atoms with Crippen molar-refractivity contribution in [1.29, 1.82) is 0 Å². The van der Waals surface area contributed by atoms with Crippen molar-refractivity contribution in [2.24, 2.45) is 0 Å². The molecule has 4 nitrogen and oxygen atoms in total. The highest BCUT2D eigenvalue weighted by Gasteiger charge is 2.32. The molecular weight excluding hydrogens is 237 g/mol. The maximum absolute atomic E-state index is 12.8. The van der Waals surface area contributed by atoms with E-state index in [-0.39, 0.29) is 11.3 Å². The number of nitro benzene ring substituents is 1. The van der Waals surface area contributed by atoms with Gasteiger partial charge in [0, 0.05) is 23.1 Å². The third-order valence-electron chi connectivity index (χ3n) is 3.57. The maximum atomic E-state index is 12.8. The van der Waals surface area contributed by atoms with Crippen molar-refractivity contribution in [1.82, 2.24) is 0 Å². The van der Waals surface area contributed by atoms with Crippen LogP contribution in [0.4, 0.5) is 5.69 Å². The third-order valence-corrected chi connectivity index (χ3v) is 6.79. The Labute approximate surface area is 101 Å². The number of hydrogen-bond donors (Lipinski definition) is 0. The van der Waals surface area contributed by atoms with Crippen LogP contribution in [0.15, 0.2) is 24.3 Å². The smallest absolute Gasteiger partial charge is 0.270 e. The van der Waals surface area contributed by atoms with E-state index in [0.29, 0.717) is 5.30 Å². The van der Waals surface area contributed by atoms with Crippen molar-refractivity contribution in [3.8, 4) is 0 Å². The fourth-order valence-corrected chi connectivity index (χ4v) is 5.03. The second-order valence-corrected chi connectivity index (χ2v) is 7.93. The predicted molar refractivity (Wildman–Crippen MR) is 68.5 cm³/mol. The highest BCUT2D eigenvalue weighted by atomic mass is 31.2. The van der Waals surface area contributed by atoms with Crippen LogP contribution in [0.3, 0.4) is 0 Å².